The molecule has 1 aromatic rings. The van der Waals surface area contributed by atoms with Gasteiger partial charge in [0.1, 0.15) is 0 Å². The predicted molar refractivity (Wildman–Crippen MR) is 44.2 cm³/mol. The summed E-state index contributed by atoms with van der Waals surface area (Å²) in [5, 5.41) is 16.1. The zero-order valence-corrected chi connectivity index (χ0v) is 7.36. The van der Waals surface area contributed by atoms with Gasteiger partial charge in [-0.2, -0.15) is 5.26 Å². The molecule has 0 radical (unpaired) electrons. The predicted octanol–water partition coefficient (Wildman–Crippen LogP) is 1.00. The van der Waals surface area contributed by atoms with Gasteiger partial charge >= 0.3 is 0 Å². The minimum Gasteiger partial charge on any atom is -0.252 e. The molecule has 64 valence electrons. The maximum absolute atomic E-state index is 8.38. The highest BCUT2D eigenvalue weighted by Crippen LogP contribution is 1.99. The molecular formula is C8H12N4. The van der Waals surface area contributed by atoms with E-state index in [-0.39, 0.29) is 0 Å². The second-order valence-corrected chi connectivity index (χ2v) is 3.16. The van der Waals surface area contributed by atoms with Gasteiger partial charge in [0.2, 0.25) is 0 Å². The molecule has 0 fully saturated rings. The van der Waals surface area contributed by atoms with E-state index in [2.05, 4.69) is 24.2 Å². The van der Waals surface area contributed by atoms with Crippen molar-refractivity contribution in [3.05, 3.63) is 11.9 Å². The third kappa shape index (κ3) is 2.35. The van der Waals surface area contributed by atoms with Crippen molar-refractivity contribution in [2.45, 2.75) is 26.8 Å². The summed E-state index contributed by atoms with van der Waals surface area (Å²) < 4.78 is 1.78. The number of rotatable bonds is 3. The average Bonchev–Trinajstić information content (AvgIpc) is 2.36. The number of nitriles is 1. The summed E-state index contributed by atoms with van der Waals surface area (Å²) in [4.78, 5) is 0. The average molecular weight is 164 g/mol. The zero-order chi connectivity index (χ0) is 8.97. The summed E-state index contributed by atoms with van der Waals surface area (Å²) in [6.07, 6.45) is 2.17. The van der Waals surface area contributed by atoms with Crippen molar-refractivity contribution in [2.24, 2.45) is 5.92 Å². The summed E-state index contributed by atoms with van der Waals surface area (Å²) in [5.74, 6) is 0.557. The Morgan fingerprint density at radius 2 is 2.42 bits per heavy atom. The Hall–Kier alpha value is -1.37. The van der Waals surface area contributed by atoms with Gasteiger partial charge in [-0.15, -0.1) is 5.10 Å². The van der Waals surface area contributed by atoms with Crippen molar-refractivity contribution in [3.8, 4) is 6.07 Å². The Balaban J connectivity index is 2.59. The highest BCUT2D eigenvalue weighted by molar-refractivity contribution is 4.99. The fourth-order valence-electron chi connectivity index (χ4n) is 0.964. The van der Waals surface area contributed by atoms with Gasteiger partial charge in [-0.1, -0.05) is 19.1 Å². The highest BCUT2D eigenvalue weighted by Gasteiger charge is 2.00. The van der Waals surface area contributed by atoms with Crippen molar-refractivity contribution in [3.63, 3.8) is 0 Å². The minimum absolute atomic E-state index is 0.345. The van der Waals surface area contributed by atoms with Gasteiger partial charge in [0.25, 0.3) is 0 Å². The fraction of sp³-hybridized carbons (Fsp3) is 0.625. The van der Waals surface area contributed by atoms with Crippen LogP contribution in [0.25, 0.3) is 0 Å². The van der Waals surface area contributed by atoms with Crippen LogP contribution in [-0.4, -0.2) is 15.0 Å². The summed E-state index contributed by atoms with van der Waals surface area (Å²) in [5.41, 5.74) is 0.748. The summed E-state index contributed by atoms with van der Waals surface area (Å²) in [6, 6.07) is 2.03. The van der Waals surface area contributed by atoms with Gasteiger partial charge in [0.05, 0.1) is 18.2 Å². The highest BCUT2D eigenvalue weighted by atomic mass is 15.4. The van der Waals surface area contributed by atoms with E-state index in [1.807, 2.05) is 12.3 Å². The molecule has 0 aromatic carbocycles. The van der Waals surface area contributed by atoms with Crippen LogP contribution in [0.2, 0.25) is 0 Å². The quantitative estimate of drug-likeness (QED) is 0.669. The van der Waals surface area contributed by atoms with Gasteiger partial charge in [-0.05, 0) is 5.92 Å². The van der Waals surface area contributed by atoms with Gasteiger partial charge in [0.15, 0.2) is 0 Å². The van der Waals surface area contributed by atoms with Crippen molar-refractivity contribution >= 4 is 0 Å². The van der Waals surface area contributed by atoms with Crippen LogP contribution < -0.4 is 0 Å². The van der Waals surface area contributed by atoms with Crippen molar-refractivity contribution in [2.75, 3.05) is 0 Å². The number of aromatic nitrogens is 3. The molecular weight excluding hydrogens is 152 g/mol. The lowest BCUT2D eigenvalue weighted by Gasteiger charge is -2.01. The fourth-order valence-corrected chi connectivity index (χ4v) is 0.964. The molecule has 0 aliphatic carbocycles. The number of nitrogens with zero attached hydrogens (tertiary/aromatic N) is 4. The maximum Gasteiger partial charge on any atom is 0.0967 e. The first-order chi connectivity index (χ1) is 5.72. The monoisotopic (exact) mass is 164 g/mol. The van der Waals surface area contributed by atoms with Crippen LogP contribution >= 0.6 is 0 Å². The third-order valence-corrected chi connectivity index (χ3v) is 1.40. The molecule has 0 spiro atoms. The number of hydrogen-bond donors (Lipinski definition) is 0. The molecule has 4 heteroatoms. The Labute approximate surface area is 71.8 Å². The summed E-state index contributed by atoms with van der Waals surface area (Å²) in [6.45, 7) is 5.09. The maximum atomic E-state index is 8.38. The molecule has 1 aromatic heterocycles. The minimum atomic E-state index is 0.345. The van der Waals surface area contributed by atoms with Gasteiger partial charge in [-0.25, -0.2) is 0 Å². The molecule has 0 aliphatic rings. The van der Waals surface area contributed by atoms with E-state index < -0.39 is 0 Å². The molecule has 0 saturated carbocycles. The van der Waals surface area contributed by atoms with Crippen molar-refractivity contribution in [1.29, 1.82) is 5.26 Å². The van der Waals surface area contributed by atoms with Crippen LogP contribution in [0.1, 0.15) is 19.5 Å². The molecule has 0 bridgehead atoms. The Bertz CT molecular complexity index is 281. The Morgan fingerprint density at radius 1 is 1.67 bits per heavy atom. The molecule has 4 nitrogen and oxygen atoms in total. The first-order valence-electron chi connectivity index (χ1n) is 3.98. The van der Waals surface area contributed by atoms with E-state index in [0.717, 1.165) is 12.2 Å². The van der Waals surface area contributed by atoms with Crippen LogP contribution in [0.3, 0.4) is 0 Å². The second kappa shape index (κ2) is 3.86. The third-order valence-electron chi connectivity index (χ3n) is 1.40. The van der Waals surface area contributed by atoms with Crippen LogP contribution in [0, 0.1) is 17.2 Å². The summed E-state index contributed by atoms with van der Waals surface area (Å²) in [7, 11) is 0. The van der Waals surface area contributed by atoms with Crippen molar-refractivity contribution < 1.29 is 0 Å². The largest absolute Gasteiger partial charge is 0.252 e. The molecule has 0 aliphatic heterocycles. The molecule has 0 N–H and O–H groups in total. The normalized spacial score (nSPS) is 10.2. The van der Waals surface area contributed by atoms with E-state index in [1.165, 1.54) is 0 Å². The van der Waals surface area contributed by atoms with Crippen LogP contribution in [-0.2, 0) is 13.0 Å². The summed E-state index contributed by atoms with van der Waals surface area (Å²) >= 11 is 0. The van der Waals surface area contributed by atoms with E-state index in [4.69, 9.17) is 5.26 Å². The molecule has 12 heavy (non-hydrogen) atoms. The van der Waals surface area contributed by atoms with Crippen molar-refractivity contribution in [1.82, 2.24) is 15.0 Å². The second-order valence-electron chi connectivity index (χ2n) is 3.16. The zero-order valence-electron chi connectivity index (χ0n) is 7.36. The Morgan fingerprint density at radius 3 is 3.00 bits per heavy atom. The first kappa shape index (κ1) is 8.72. The standard InChI is InChI=1S/C8H12N4/c1-7(2)5-12-6-8(3-4-9)10-11-12/h6-7H,3,5H2,1-2H3. The lowest BCUT2D eigenvalue weighted by molar-refractivity contribution is 0.472. The Kier molecular flexibility index (Phi) is 2.81. The van der Waals surface area contributed by atoms with Crippen LogP contribution in [0.5, 0.6) is 0 Å². The lowest BCUT2D eigenvalue weighted by Crippen LogP contribution is -2.04. The van der Waals surface area contributed by atoms with E-state index >= 15 is 0 Å². The molecule has 1 heterocycles. The SMILES string of the molecule is CC(C)Cn1cc(CC#N)nn1. The topological polar surface area (TPSA) is 54.5 Å². The van der Waals surface area contributed by atoms with Gasteiger partial charge in [0, 0.05) is 12.7 Å². The number of hydrogen-bond acceptors (Lipinski definition) is 3. The van der Waals surface area contributed by atoms with Gasteiger partial charge in [-0.3, -0.25) is 4.68 Å². The van der Waals surface area contributed by atoms with Crippen LogP contribution in [0.4, 0.5) is 0 Å². The van der Waals surface area contributed by atoms with E-state index in [1.54, 1.807) is 4.68 Å². The molecule has 0 unspecified atom stereocenters. The lowest BCUT2D eigenvalue weighted by atomic mass is 10.2. The molecule has 0 saturated heterocycles. The molecule has 1 rings (SSSR count). The van der Waals surface area contributed by atoms with Gasteiger partial charge < -0.3 is 0 Å². The van der Waals surface area contributed by atoms with Crippen LogP contribution in [0.15, 0.2) is 6.20 Å². The van der Waals surface area contributed by atoms with E-state index in [0.29, 0.717) is 12.3 Å². The first-order valence-corrected chi connectivity index (χ1v) is 3.98. The smallest absolute Gasteiger partial charge is 0.0967 e. The molecule has 0 amide bonds. The molecule has 0 atom stereocenters. The van der Waals surface area contributed by atoms with E-state index in [9.17, 15) is 0 Å².